The second-order valence-electron chi connectivity index (χ2n) is 4.47. The van der Waals surface area contributed by atoms with E-state index in [9.17, 15) is 0 Å². The summed E-state index contributed by atoms with van der Waals surface area (Å²) < 4.78 is 5.92. The highest BCUT2D eigenvalue weighted by Gasteiger charge is 2.20. The quantitative estimate of drug-likeness (QED) is 0.728. The third kappa shape index (κ3) is 3.13. The molecule has 2 heteroatoms. The minimum absolute atomic E-state index is 0.382. The summed E-state index contributed by atoms with van der Waals surface area (Å²) in [7, 11) is 0. The second-order valence-corrected chi connectivity index (χ2v) is 4.91. The Morgan fingerprint density at radius 3 is 2.93 bits per heavy atom. The summed E-state index contributed by atoms with van der Waals surface area (Å²) >= 11 is 5.91. The number of benzene rings is 1. The van der Waals surface area contributed by atoms with E-state index < -0.39 is 0 Å². The Balaban J connectivity index is 1.96. The van der Waals surface area contributed by atoms with Crippen LogP contribution in [0.5, 0.6) is 5.75 Å². The molecule has 2 rings (SSSR count). The van der Waals surface area contributed by atoms with Gasteiger partial charge in [0.15, 0.2) is 0 Å². The van der Waals surface area contributed by atoms with Crippen LogP contribution in [0.25, 0.3) is 0 Å². The highest BCUT2D eigenvalue weighted by molar-refractivity contribution is 6.30. The Bertz CT molecular complexity index is 324. The molecule has 1 nitrogen and oxygen atoms in total. The van der Waals surface area contributed by atoms with Crippen LogP contribution >= 0.6 is 11.6 Å². The molecule has 82 valence electrons. The van der Waals surface area contributed by atoms with Gasteiger partial charge in [0.25, 0.3) is 0 Å². The maximum Gasteiger partial charge on any atom is 0.121 e. The van der Waals surface area contributed by atoms with Gasteiger partial charge in [-0.3, -0.25) is 0 Å². The number of hydrogen-bond acceptors (Lipinski definition) is 1. The van der Waals surface area contributed by atoms with Gasteiger partial charge < -0.3 is 4.74 Å². The largest absolute Gasteiger partial charge is 0.490 e. The van der Waals surface area contributed by atoms with E-state index in [0.29, 0.717) is 6.10 Å². The van der Waals surface area contributed by atoms with E-state index in [2.05, 4.69) is 6.92 Å². The molecule has 0 amide bonds. The maximum absolute atomic E-state index is 5.92. The smallest absolute Gasteiger partial charge is 0.121 e. The Kier molecular flexibility index (Phi) is 3.53. The summed E-state index contributed by atoms with van der Waals surface area (Å²) in [6.45, 7) is 2.30. The molecule has 1 aromatic carbocycles. The van der Waals surface area contributed by atoms with Crippen LogP contribution in [0, 0.1) is 5.92 Å². The molecule has 0 bridgehead atoms. The van der Waals surface area contributed by atoms with E-state index in [1.54, 1.807) is 0 Å². The average molecular weight is 225 g/mol. The van der Waals surface area contributed by atoms with Crippen molar-refractivity contribution < 1.29 is 4.74 Å². The predicted molar refractivity (Wildman–Crippen MR) is 63.5 cm³/mol. The number of ether oxygens (including phenoxy) is 1. The second kappa shape index (κ2) is 4.89. The van der Waals surface area contributed by atoms with E-state index in [1.165, 1.54) is 25.7 Å². The van der Waals surface area contributed by atoms with Crippen molar-refractivity contribution in [3.05, 3.63) is 29.3 Å². The van der Waals surface area contributed by atoms with Crippen molar-refractivity contribution in [2.24, 2.45) is 5.92 Å². The zero-order chi connectivity index (χ0) is 10.7. The first-order valence-electron chi connectivity index (χ1n) is 5.66. The van der Waals surface area contributed by atoms with Crippen LogP contribution in [0.1, 0.15) is 32.6 Å². The van der Waals surface area contributed by atoms with Crippen LogP contribution in [0.4, 0.5) is 0 Å². The zero-order valence-electron chi connectivity index (χ0n) is 9.08. The lowest BCUT2D eigenvalue weighted by molar-refractivity contribution is 0.129. The molecule has 1 aliphatic carbocycles. The van der Waals surface area contributed by atoms with Gasteiger partial charge in [-0.25, -0.2) is 0 Å². The Hall–Kier alpha value is -0.690. The SMILES string of the molecule is CC1CCCC(Oc2cccc(Cl)c2)C1. The van der Waals surface area contributed by atoms with Gasteiger partial charge in [-0.15, -0.1) is 0 Å². The van der Waals surface area contributed by atoms with Crippen molar-refractivity contribution in [3.8, 4) is 5.75 Å². The molecule has 1 fully saturated rings. The van der Waals surface area contributed by atoms with Crippen LogP contribution < -0.4 is 4.74 Å². The summed E-state index contributed by atoms with van der Waals surface area (Å²) in [4.78, 5) is 0. The highest BCUT2D eigenvalue weighted by atomic mass is 35.5. The number of halogens is 1. The first-order chi connectivity index (χ1) is 7.24. The Labute approximate surface area is 96.4 Å². The van der Waals surface area contributed by atoms with Crippen LogP contribution in [0.2, 0.25) is 5.02 Å². The first kappa shape index (κ1) is 10.8. The van der Waals surface area contributed by atoms with Gasteiger partial charge in [-0.05, 0) is 43.4 Å². The fourth-order valence-electron chi connectivity index (χ4n) is 2.22. The average Bonchev–Trinajstić information content (AvgIpc) is 2.17. The molecule has 0 radical (unpaired) electrons. The molecule has 0 N–H and O–H groups in total. The van der Waals surface area contributed by atoms with Gasteiger partial charge >= 0.3 is 0 Å². The molecule has 0 aromatic heterocycles. The van der Waals surface area contributed by atoms with E-state index in [-0.39, 0.29) is 0 Å². The van der Waals surface area contributed by atoms with Crippen LogP contribution in [0.15, 0.2) is 24.3 Å². The molecule has 0 saturated heterocycles. The van der Waals surface area contributed by atoms with Crippen molar-refractivity contribution in [1.29, 1.82) is 0 Å². The lowest BCUT2D eigenvalue weighted by Crippen LogP contribution is -2.23. The van der Waals surface area contributed by atoms with E-state index >= 15 is 0 Å². The van der Waals surface area contributed by atoms with E-state index in [0.717, 1.165) is 16.7 Å². The van der Waals surface area contributed by atoms with Crippen molar-refractivity contribution >= 4 is 11.6 Å². The molecule has 1 aliphatic rings. The van der Waals surface area contributed by atoms with E-state index in [4.69, 9.17) is 16.3 Å². The van der Waals surface area contributed by atoms with Gasteiger partial charge in [-0.1, -0.05) is 31.0 Å². The first-order valence-corrected chi connectivity index (χ1v) is 6.04. The molecule has 2 atom stereocenters. The van der Waals surface area contributed by atoms with Gasteiger partial charge in [0.1, 0.15) is 5.75 Å². The molecule has 0 aliphatic heterocycles. The molecule has 0 heterocycles. The van der Waals surface area contributed by atoms with Crippen LogP contribution in [-0.2, 0) is 0 Å². The third-order valence-corrected chi connectivity index (χ3v) is 3.22. The van der Waals surface area contributed by atoms with Gasteiger partial charge in [0.05, 0.1) is 6.10 Å². The lowest BCUT2D eigenvalue weighted by Gasteiger charge is -2.27. The van der Waals surface area contributed by atoms with Crippen molar-refractivity contribution in [3.63, 3.8) is 0 Å². The van der Waals surface area contributed by atoms with Crippen molar-refractivity contribution in [2.45, 2.75) is 38.7 Å². The molecular weight excluding hydrogens is 208 g/mol. The van der Waals surface area contributed by atoms with Crippen molar-refractivity contribution in [1.82, 2.24) is 0 Å². The standard InChI is InChI=1S/C13H17ClO/c1-10-4-2-6-12(8-10)15-13-7-3-5-11(14)9-13/h3,5,7,9-10,12H,2,4,6,8H2,1H3. The Morgan fingerprint density at radius 2 is 2.20 bits per heavy atom. The number of hydrogen-bond donors (Lipinski definition) is 0. The summed E-state index contributed by atoms with van der Waals surface area (Å²) in [6, 6.07) is 7.67. The minimum Gasteiger partial charge on any atom is -0.490 e. The van der Waals surface area contributed by atoms with E-state index in [1.807, 2.05) is 24.3 Å². The molecular formula is C13H17ClO. The Morgan fingerprint density at radius 1 is 1.33 bits per heavy atom. The predicted octanol–water partition coefficient (Wildman–Crippen LogP) is 4.30. The monoisotopic (exact) mass is 224 g/mol. The van der Waals surface area contributed by atoms with Gasteiger partial charge in [0.2, 0.25) is 0 Å². The fourth-order valence-corrected chi connectivity index (χ4v) is 2.40. The summed E-state index contributed by atoms with van der Waals surface area (Å²) in [5.74, 6) is 1.70. The molecule has 2 unspecified atom stereocenters. The zero-order valence-corrected chi connectivity index (χ0v) is 9.83. The van der Waals surface area contributed by atoms with Crippen molar-refractivity contribution in [2.75, 3.05) is 0 Å². The highest BCUT2D eigenvalue weighted by Crippen LogP contribution is 2.28. The molecule has 0 spiro atoms. The topological polar surface area (TPSA) is 9.23 Å². The maximum atomic E-state index is 5.92. The summed E-state index contributed by atoms with van der Waals surface area (Å²) in [6.07, 6.45) is 5.36. The minimum atomic E-state index is 0.382. The third-order valence-electron chi connectivity index (χ3n) is 2.99. The van der Waals surface area contributed by atoms with Gasteiger partial charge in [-0.2, -0.15) is 0 Å². The molecule has 15 heavy (non-hydrogen) atoms. The van der Waals surface area contributed by atoms with Gasteiger partial charge in [0, 0.05) is 5.02 Å². The molecule has 1 aromatic rings. The lowest BCUT2D eigenvalue weighted by atomic mass is 9.89. The van der Waals surface area contributed by atoms with Crippen LogP contribution in [-0.4, -0.2) is 6.10 Å². The van der Waals surface area contributed by atoms with Crippen LogP contribution in [0.3, 0.4) is 0 Å². The summed E-state index contributed by atoms with van der Waals surface area (Å²) in [5.41, 5.74) is 0. The normalized spacial score (nSPS) is 26.3. The fraction of sp³-hybridized carbons (Fsp3) is 0.538. The molecule has 1 saturated carbocycles. The summed E-state index contributed by atoms with van der Waals surface area (Å²) in [5, 5.41) is 0.747. The number of rotatable bonds is 2.